The molecule has 0 bridgehead atoms. The van der Waals surface area contributed by atoms with Gasteiger partial charge in [0, 0.05) is 16.3 Å². The summed E-state index contributed by atoms with van der Waals surface area (Å²) in [4.78, 5) is 14.0. The molecule has 0 spiro atoms. The minimum atomic E-state index is -0.378. The number of anilines is 2. The van der Waals surface area contributed by atoms with Gasteiger partial charge in [0.25, 0.3) is 5.91 Å². The van der Waals surface area contributed by atoms with Crippen molar-refractivity contribution in [1.29, 1.82) is 5.26 Å². The number of nitrogens with one attached hydrogen (secondary N) is 2. The lowest BCUT2D eigenvalue weighted by molar-refractivity contribution is -0.113. The molecule has 128 valence electrons. The van der Waals surface area contributed by atoms with Crippen LogP contribution >= 0.6 is 11.3 Å². The highest BCUT2D eigenvalue weighted by Crippen LogP contribution is 2.39. The number of thiophene rings is 1. The van der Waals surface area contributed by atoms with Crippen molar-refractivity contribution in [3.05, 3.63) is 75.8 Å². The lowest BCUT2D eigenvalue weighted by Gasteiger charge is -2.29. The van der Waals surface area contributed by atoms with E-state index < -0.39 is 0 Å². The highest BCUT2D eigenvalue weighted by molar-refractivity contribution is 7.10. The first-order valence-electron chi connectivity index (χ1n) is 8.04. The van der Waals surface area contributed by atoms with E-state index in [9.17, 15) is 10.1 Å². The van der Waals surface area contributed by atoms with Crippen LogP contribution in [0.1, 0.15) is 23.4 Å². The summed E-state index contributed by atoms with van der Waals surface area (Å²) >= 11 is 1.55. The van der Waals surface area contributed by atoms with Gasteiger partial charge in [-0.1, -0.05) is 24.3 Å². The van der Waals surface area contributed by atoms with E-state index in [1.165, 1.54) is 6.20 Å². The van der Waals surface area contributed by atoms with Crippen LogP contribution in [0, 0.1) is 11.3 Å². The molecule has 2 aromatic heterocycles. The van der Waals surface area contributed by atoms with Gasteiger partial charge in [-0.3, -0.25) is 4.79 Å². The number of allylic oxidation sites excluding steroid dienone is 1. The molecule has 0 aliphatic carbocycles. The maximum atomic E-state index is 13.1. The van der Waals surface area contributed by atoms with Crippen molar-refractivity contribution in [3.63, 3.8) is 0 Å². The van der Waals surface area contributed by atoms with Crippen LogP contribution in [-0.2, 0) is 4.79 Å². The number of nitriles is 1. The van der Waals surface area contributed by atoms with Crippen molar-refractivity contribution < 1.29 is 4.79 Å². The van der Waals surface area contributed by atoms with Gasteiger partial charge in [0.05, 0.1) is 11.8 Å². The second kappa shape index (κ2) is 6.50. The van der Waals surface area contributed by atoms with Crippen LogP contribution in [0.25, 0.3) is 0 Å². The van der Waals surface area contributed by atoms with Crippen LogP contribution in [0.5, 0.6) is 0 Å². The molecule has 1 amide bonds. The van der Waals surface area contributed by atoms with Gasteiger partial charge in [0.15, 0.2) is 0 Å². The number of amides is 1. The van der Waals surface area contributed by atoms with Gasteiger partial charge >= 0.3 is 0 Å². The first-order chi connectivity index (χ1) is 12.7. The molecular formula is C19H15N5OS. The molecule has 0 fully saturated rings. The van der Waals surface area contributed by atoms with Crippen molar-refractivity contribution in [2.24, 2.45) is 0 Å². The first-order valence-corrected chi connectivity index (χ1v) is 8.92. The fourth-order valence-corrected chi connectivity index (χ4v) is 3.88. The van der Waals surface area contributed by atoms with E-state index in [0.717, 1.165) is 10.6 Å². The number of aromatic nitrogens is 2. The van der Waals surface area contributed by atoms with Crippen LogP contribution in [0.15, 0.2) is 65.3 Å². The summed E-state index contributed by atoms with van der Waals surface area (Å²) in [5.41, 5.74) is 2.47. The monoisotopic (exact) mass is 361 g/mol. The molecule has 0 radical (unpaired) electrons. The number of hydrogen-bond donors (Lipinski definition) is 2. The van der Waals surface area contributed by atoms with Gasteiger partial charge in [0.1, 0.15) is 23.5 Å². The van der Waals surface area contributed by atoms with E-state index in [-0.39, 0.29) is 11.9 Å². The number of carbonyl (C=O) groups is 1. The first kappa shape index (κ1) is 16.1. The lowest BCUT2D eigenvalue weighted by atomic mass is 10.00. The summed E-state index contributed by atoms with van der Waals surface area (Å²) in [6.45, 7) is 1.85. The number of benzene rings is 1. The largest absolute Gasteiger partial charge is 0.343 e. The number of carbonyl (C=O) groups excluding carboxylic acids is 1. The van der Waals surface area contributed by atoms with Gasteiger partial charge in [0.2, 0.25) is 0 Å². The SMILES string of the molecule is CC1=C(C(=O)Nc2ccccc2)C(c2cccs2)n2ncc(C#N)c2N1. The third-order valence-electron chi connectivity index (χ3n) is 4.23. The van der Waals surface area contributed by atoms with Gasteiger partial charge in [-0.05, 0) is 30.5 Å². The zero-order valence-electron chi connectivity index (χ0n) is 13.9. The van der Waals surface area contributed by atoms with E-state index in [1.807, 2.05) is 54.8 Å². The smallest absolute Gasteiger partial charge is 0.255 e. The minimum absolute atomic E-state index is 0.195. The summed E-state index contributed by atoms with van der Waals surface area (Å²) in [5.74, 6) is 0.416. The molecule has 7 heteroatoms. The molecule has 2 N–H and O–H groups in total. The summed E-state index contributed by atoms with van der Waals surface area (Å²) in [6.07, 6.45) is 1.52. The van der Waals surface area contributed by atoms with Crippen LogP contribution in [0.4, 0.5) is 11.5 Å². The summed E-state index contributed by atoms with van der Waals surface area (Å²) in [5, 5.41) is 21.8. The highest BCUT2D eigenvalue weighted by Gasteiger charge is 2.34. The fourth-order valence-electron chi connectivity index (χ4n) is 3.06. The molecule has 1 atom stereocenters. The fraction of sp³-hybridized carbons (Fsp3) is 0.105. The average molecular weight is 361 g/mol. The summed E-state index contributed by atoms with van der Waals surface area (Å²) in [7, 11) is 0. The number of fused-ring (bicyclic) bond motifs is 1. The minimum Gasteiger partial charge on any atom is -0.343 e. The number of nitrogens with zero attached hydrogens (tertiary/aromatic N) is 3. The lowest BCUT2D eigenvalue weighted by Crippen LogP contribution is -2.31. The number of para-hydroxylation sites is 1. The quantitative estimate of drug-likeness (QED) is 0.744. The Hall–Kier alpha value is -3.37. The Balaban J connectivity index is 1.79. The predicted molar refractivity (Wildman–Crippen MR) is 101 cm³/mol. The third-order valence-corrected chi connectivity index (χ3v) is 5.16. The third kappa shape index (κ3) is 2.66. The van der Waals surface area contributed by atoms with Crippen LogP contribution in [0.3, 0.4) is 0 Å². The molecule has 1 aliphatic heterocycles. The van der Waals surface area contributed by atoms with Crippen LogP contribution < -0.4 is 10.6 Å². The Morgan fingerprint density at radius 2 is 2.12 bits per heavy atom. The topological polar surface area (TPSA) is 82.7 Å². The maximum absolute atomic E-state index is 13.1. The Morgan fingerprint density at radius 1 is 1.31 bits per heavy atom. The molecule has 3 aromatic rings. The highest BCUT2D eigenvalue weighted by atomic mass is 32.1. The van der Waals surface area contributed by atoms with Crippen molar-refractivity contribution in [3.8, 4) is 6.07 Å². The van der Waals surface area contributed by atoms with E-state index in [2.05, 4.69) is 21.8 Å². The normalized spacial score (nSPS) is 15.8. The number of rotatable bonds is 3. The molecule has 0 saturated carbocycles. The van der Waals surface area contributed by atoms with Crippen LogP contribution in [0.2, 0.25) is 0 Å². The van der Waals surface area contributed by atoms with E-state index in [4.69, 9.17) is 0 Å². The zero-order valence-corrected chi connectivity index (χ0v) is 14.7. The summed E-state index contributed by atoms with van der Waals surface area (Å²) in [6, 6.07) is 15.0. The molecule has 1 unspecified atom stereocenters. The second-order valence-electron chi connectivity index (χ2n) is 5.87. The standard InChI is InChI=1S/C19H15N5OS/c1-12-16(19(25)23-14-6-3-2-4-7-14)17(15-8-5-9-26-15)24-18(22-12)13(10-20)11-21-24/h2-9,11,17,22H,1H3,(H,23,25). The molecule has 1 aromatic carbocycles. The molecule has 1 aliphatic rings. The molecular weight excluding hydrogens is 346 g/mol. The Kier molecular flexibility index (Phi) is 4.03. The van der Waals surface area contributed by atoms with Gasteiger partial charge in [-0.2, -0.15) is 10.4 Å². The Labute approximate surface area is 154 Å². The molecule has 0 saturated heterocycles. The van der Waals surface area contributed by atoms with Crippen molar-refractivity contribution >= 4 is 28.7 Å². The predicted octanol–water partition coefficient (Wildman–Crippen LogP) is 3.74. The van der Waals surface area contributed by atoms with Crippen molar-refractivity contribution in [2.75, 3.05) is 10.6 Å². The Morgan fingerprint density at radius 3 is 2.81 bits per heavy atom. The van der Waals surface area contributed by atoms with Gasteiger partial charge in [-0.25, -0.2) is 4.68 Å². The summed E-state index contributed by atoms with van der Waals surface area (Å²) < 4.78 is 1.71. The zero-order chi connectivity index (χ0) is 18.1. The Bertz CT molecular complexity index is 1030. The van der Waals surface area contributed by atoms with Gasteiger partial charge in [-0.15, -0.1) is 11.3 Å². The van der Waals surface area contributed by atoms with Gasteiger partial charge < -0.3 is 10.6 Å². The molecule has 6 nitrogen and oxygen atoms in total. The van der Waals surface area contributed by atoms with E-state index in [1.54, 1.807) is 16.0 Å². The van der Waals surface area contributed by atoms with Crippen LogP contribution in [-0.4, -0.2) is 15.7 Å². The molecule has 3 heterocycles. The van der Waals surface area contributed by atoms with E-state index in [0.29, 0.717) is 22.7 Å². The van der Waals surface area contributed by atoms with E-state index >= 15 is 0 Å². The van der Waals surface area contributed by atoms with Crippen molar-refractivity contribution in [1.82, 2.24) is 9.78 Å². The second-order valence-corrected chi connectivity index (χ2v) is 6.84. The maximum Gasteiger partial charge on any atom is 0.255 e. The average Bonchev–Trinajstić information content (AvgIpc) is 3.31. The molecule has 26 heavy (non-hydrogen) atoms. The molecule has 4 rings (SSSR count). The van der Waals surface area contributed by atoms with Crippen molar-refractivity contribution in [2.45, 2.75) is 13.0 Å². The number of hydrogen-bond acceptors (Lipinski definition) is 5.